The summed E-state index contributed by atoms with van der Waals surface area (Å²) in [5, 5.41) is 2.25. The van der Waals surface area contributed by atoms with Crippen LogP contribution in [0.3, 0.4) is 0 Å². The van der Waals surface area contributed by atoms with Gasteiger partial charge in [0.1, 0.15) is 11.2 Å². The first-order valence-electron chi connectivity index (χ1n) is 21.7. The van der Waals surface area contributed by atoms with Crippen LogP contribution in [0.4, 0.5) is 17.1 Å². The second kappa shape index (κ2) is 15.1. The van der Waals surface area contributed by atoms with Gasteiger partial charge in [-0.2, -0.15) is 0 Å². The molecule has 296 valence electrons. The number of anilines is 3. The molecule has 0 radical (unpaired) electrons. The zero-order valence-corrected chi connectivity index (χ0v) is 34.5. The van der Waals surface area contributed by atoms with Crippen molar-refractivity contribution < 1.29 is 4.42 Å². The maximum absolute atomic E-state index is 6.51. The van der Waals surface area contributed by atoms with E-state index >= 15 is 0 Å². The van der Waals surface area contributed by atoms with Crippen molar-refractivity contribution >= 4 is 39.0 Å². The largest absolute Gasteiger partial charge is 0.455 e. The maximum Gasteiger partial charge on any atom is 0.143 e. The van der Waals surface area contributed by atoms with Crippen LogP contribution in [0.2, 0.25) is 0 Å². The van der Waals surface area contributed by atoms with Gasteiger partial charge >= 0.3 is 0 Å². The SMILES string of the molecule is c1ccc(-c2ccc(N(c3ccc(-c4ccc5c(c4)-c4ccccc4C5(c4ccccc4)c4ccccc4)cc3)c3cccc(-c4cccc5c4oc4ccccc45)c3)cc2)cc1. The second-order valence-corrected chi connectivity index (χ2v) is 16.4. The molecule has 0 saturated carbocycles. The summed E-state index contributed by atoms with van der Waals surface area (Å²) < 4.78 is 6.51. The lowest BCUT2D eigenvalue weighted by Crippen LogP contribution is -2.28. The molecular weight excluding hydrogens is 763 g/mol. The summed E-state index contributed by atoms with van der Waals surface area (Å²) in [4.78, 5) is 2.36. The van der Waals surface area contributed by atoms with E-state index < -0.39 is 5.41 Å². The molecule has 2 heteroatoms. The summed E-state index contributed by atoms with van der Waals surface area (Å²) in [6.45, 7) is 0. The molecule has 63 heavy (non-hydrogen) atoms. The van der Waals surface area contributed by atoms with Crippen LogP contribution in [0.1, 0.15) is 22.3 Å². The van der Waals surface area contributed by atoms with Crippen LogP contribution in [0, 0.1) is 0 Å². The molecule has 0 N–H and O–H groups in total. The molecule has 2 nitrogen and oxygen atoms in total. The van der Waals surface area contributed by atoms with E-state index in [1.54, 1.807) is 0 Å². The molecule has 10 aromatic carbocycles. The summed E-state index contributed by atoms with van der Waals surface area (Å²) >= 11 is 0. The van der Waals surface area contributed by atoms with Crippen molar-refractivity contribution in [2.75, 3.05) is 4.90 Å². The molecule has 0 saturated heterocycles. The molecule has 0 atom stereocenters. The van der Waals surface area contributed by atoms with Crippen LogP contribution in [0.5, 0.6) is 0 Å². The third kappa shape index (κ3) is 6.02. The molecule has 11 aromatic rings. The van der Waals surface area contributed by atoms with Crippen molar-refractivity contribution in [1.29, 1.82) is 0 Å². The van der Waals surface area contributed by atoms with Crippen molar-refractivity contribution in [3.05, 3.63) is 271 Å². The molecule has 0 fully saturated rings. The van der Waals surface area contributed by atoms with Crippen LogP contribution in [-0.4, -0.2) is 0 Å². The number of fused-ring (bicyclic) bond motifs is 6. The highest BCUT2D eigenvalue weighted by Gasteiger charge is 2.45. The van der Waals surface area contributed by atoms with E-state index in [0.29, 0.717) is 0 Å². The highest BCUT2D eigenvalue weighted by Crippen LogP contribution is 2.56. The molecule has 1 aliphatic carbocycles. The van der Waals surface area contributed by atoms with Crippen molar-refractivity contribution in [3.8, 4) is 44.5 Å². The minimum atomic E-state index is -0.419. The Morgan fingerprint density at radius 1 is 0.302 bits per heavy atom. The van der Waals surface area contributed by atoms with E-state index in [9.17, 15) is 0 Å². The Kier molecular flexibility index (Phi) is 8.76. The fraction of sp³-hybridized carbons (Fsp3) is 0.0164. The van der Waals surface area contributed by atoms with Crippen LogP contribution in [-0.2, 0) is 5.41 Å². The van der Waals surface area contributed by atoms with Gasteiger partial charge in [-0.25, -0.2) is 0 Å². The number of hydrogen-bond donors (Lipinski definition) is 0. The molecule has 0 bridgehead atoms. The average Bonchev–Trinajstić information content (AvgIpc) is 3.89. The van der Waals surface area contributed by atoms with Crippen molar-refractivity contribution in [1.82, 2.24) is 0 Å². The topological polar surface area (TPSA) is 16.4 Å². The number of furan rings is 1. The van der Waals surface area contributed by atoms with E-state index in [1.807, 2.05) is 12.1 Å². The number of rotatable bonds is 8. The quantitative estimate of drug-likeness (QED) is 0.152. The highest BCUT2D eigenvalue weighted by molar-refractivity contribution is 6.09. The number of para-hydroxylation sites is 2. The lowest BCUT2D eigenvalue weighted by molar-refractivity contribution is 0.670. The predicted molar refractivity (Wildman–Crippen MR) is 262 cm³/mol. The standard InChI is InChI=1S/C61H41NO/c1-4-16-42(17-5-1)43-30-35-49(36-31-43)62(51-23-14-18-46(40-51)52-26-15-27-55-54-25-11-13-29-59(54)63-60(52)55)50-37-32-44(33-38-50)45-34-39-58-56(41-45)53-24-10-12-28-57(53)61(58,47-19-6-2-7-20-47)48-21-8-3-9-22-48/h1-41H. The van der Waals surface area contributed by atoms with E-state index in [0.717, 1.165) is 50.1 Å². The Hall–Kier alpha value is -8.20. The summed E-state index contributed by atoms with van der Waals surface area (Å²) in [6.07, 6.45) is 0. The van der Waals surface area contributed by atoms with Gasteiger partial charge in [-0.3, -0.25) is 0 Å². The lowest BCUT2D eigenvalue weighted by Gasteiger charge is -2.33. The Labute approximate surface area is 367 Å². The summed E-state index contributed by atoms with van der Waals surface area (Å²) in [5.41, 5.74) is 19.2. The van der Waals surface area contributed by atoms with Gasteiger partial charge in [0.2, 0.25) is 0 Å². The Morgan fingerprint density at radius 3 is 1.52 bits per heavy atom. The first kappa shape index (κ1) is 36.6. The number of benzene rings is 10. The number of nitrogens with zero attached hydrogens (tertiary/aromatic N) is 1. The third-order valence-electron chi connectivity index (χ3n) is 13.0. The van der Waals surface area contributed by atoms with Gasteiger partial charge in [0.05, 0.1) is 5.41 Å². The molecule has 1 aromatic heterocycles. The molecule has 1 aliphatic rings. The van der Waals surface area contributed by atoms with Crippen LogP contribution in [0.15, 0.2) is 253 Å². The first-order chi connectivity index (χ1) is 31.2. The van der Waals surface area contributed by atoms with E-state index in [4.69, 9.17) is 4.42 Å². The third-order valence-corrected chi connectivity index (χ3v) is 13.0. The van der Waals surface area contributed by atoms with Crippen molar-refractivity contribution in [2.24, 2.45) is 0 Å². The summed E-state index contributed by atoms with van der Waals surface area (Å²) in [6, 6.07) is 90.1. The van der Waals surface area contributed by atoms with Gasteiger partial charge in [-0.15, -0.1) is 0 Å². The molecule has 0 amide bonds. The molecular formula is C61H41NO. The minimum Gasteiger partial charge on any atom is -0.455 e. The predicted octanol–water partition coefficient (Wildman–Crippen LogP) is 16.4. The van der Waals surface area contributed by atoms with Gasteiger partial charge in [-0.1, -0.05) is 200 Å². The smallest absolute Gasteiger partial charge is 0.143 e. The Balaban J connectivity index is 0.963. The van der Waals surface area contributed by atoms with Crippen molar-refractivity contribution in [2.45, 2.75) is 5.41 Å². The van der Waals surface area contributed by atoms with E-state index in [-0.39, 0.29) is 0 Å². The van der Waals surface area contributed by atoms with Crippen LogP contribution in [0.25, 0.3) is 66.4 Å². The van der Waals surface area contributed by atoms with Gasteiger partial charge in [-0.05, 0) is 110 Å². The fourth-order valence-electron chi connectivity index (χ4n) is 10.1. The summed E-state index contributed by atoms with van der Waals surface area (Å²) in [5.74, 6) is 0. The van der Waals surface area contributed by atoms with Crippen molar-refractivity contribution in [3.63, 3.8) is 0 Å². The Bertz CT molecular complexity index is 3380. The van der Waals surface area contributed by atoms with Gasteiger partial charge in [0.25, 0.3) is 0 Å². The number of hydrogen-bond acceptors (Lipinski definition) is 2. The molecule has 0 unspecified atom stereocenters. The molecule has 0 aliphatic heterocycles. The molecule has 0 spiro atoms. The van der Waals surface area contributed by atoms with Gasteiger partial charge < -0.3 is 9.32 Å². The zero-order valence-electron chi connectivity index (χ0n) is 34.5. The Morgan fingerprint density at radius 2 is 0.810 bits per heavy atom. The highest BCUT2D eigenvalue weighted by atomic mass is 16.3. The van der Waals surface area contributed by atoms with E-state index in [2.05, 4.69) is 241 Å². The lowest BCUT2D eigenvalue weighted by atomic mass is 9.67. The van der Waals surface area contributed by atoms with Gasteiger partial charge in [0, 0.05) is 33.4 Å². The first-order valence-corrected chi connectivity index (χ1v) is 21.7. The van der Waals surface area contributed by atoms with E-state index in [1.165, 1.54) is 55.6 Å². The summed E-state index contributed by atoms with van der Waals surface area (Å²) in [7, 11) is 0. The normalized spacial score (nSPS) is 12.6. The van der Waals surface area contributed by atoms with Crippen LogP contribution >= 0.6 is 0 Å². The monoisotopic (exact) mass is 803 g/mol. The van der Waals surface area contributed by atoms with Gasteiger partial charge in [0.15, 0.2) is 0 Å². The fourth-order valence-corrected chi connectivity index (χ4v) is 10.1. The maximum atomic E-state index is 6.51. The molecule has 12 rings (SSSR count). The zero-order chi connectivity index (χ0) is 41.7. The van der Waals surface area contributed by atoms with Crippen LogP contribution < -0.4 is 4.90 Å². The average molecular weight is 804 g/mol. The molecule has 1 heterocycles. The second-order valence-electron chi connectivity index (χ2n) is 16.4. The minimum absolute atomic E-state index is 0.419.